The summed E-state index contributed by atoms with van der Waals surface area (Å²) in [7, 11) is 0. The summed E-state index contributed by atoms with van der Waals surface area (Å²) in [5.41, 5.74) is 6.10. The molecule has 0 aliphatic heterocycles. The maximum Gasteiger partial charge on any atom is 0.205 e. The van der Waals surface area contributed by atoms with Crippen molar-refractivity contribution in [1.82, 2.24) is 10.2 Å². The van der Waals surface area contributed by atoms with E-state index in [4.69, 9.17) is 5.73 Å². The Kier molecular flexibility index (Phi) is 2.23. The summed E-state index contributed by atoms with van der Waals surface area (Å²) in [5.74, 6) is 0. The van der Waals surface area contributed by atoms with Gasteiger partial charge in [0, 0.05) is 17.5 Å². The number of anilines is 1. The molecule has 1 saturated carbocycles. The molecule has 4 nitrogen and oxygen atoms in total. The molecule has 3 N–H and O–H groups in total. The van der Waals surface area contributed by atoms with E-state index in [-0.39, 0.29) is 5.41 Å². The van der Waals surface area contributed by atoms with Crippen molar-refractivity contribution in [3.63, 3.8) is 0 Å². The Morgan fingerprint density at radius 2 is 2.21 bits per heavy atom. The Bertz CT molecular complexity index is 333. The van der Waals surface area contributed by atoms with Crippen LogP contribution < -0.4 is 11.1 Å². The van der Waals surface area contributed by atoms with Crippen LogP contribution in [0.4, 0.5) is 5.13 Å². The molecule has 2 atom stereocenters. The number of aromatic nitrogens is 2. The van der Waals surface area contributed by atoms with Crippen molar-refractivity contribution in [2.24, 2.45) is 11.1 Å². The van der Waals surface area contributed by atoms with E-state index in [1.807, 2.05) is 6.92 Å². The highest BCUT2D eigenvalue weighted by Gasteiger charge is 2.46. The second-order valence-electron chi connectivity index (χ2n) is 4.49. The van der Waals surface area contributed by atoms with Gasteiger partial charge >= 0.3 is 0 Å². The van der Waals surface area contributed by atoms with Crippen molar-refractivity contribution < 1.29 is 0 Å². The summed E-state index contributed by atoms with van der Waals surface area (Å²) < 4.78 is 0. The molecule has 1 heterocycles. The van der Waals surface area contributed by atoms with E-state index < -0.39 is 0 Å². The standard InChI is InChI=1S/C9H16N4S/c1-5-12-13-8(14-5)11-7-4-6(10)9(7,2)3/h6-7H,4,10H2,1-3H3,(H,11,13). The number of hydrogen-bond acceptors (Lipinski definition) is 5. The molecule has 1 aliphatic rings. The minimum atomic E-state index is 0.166. The van der Waals surface area contributed by atoms with Gasteiger partial charge in [-0.1, -0.05) is 25.2 Å². The first-order valence-corrected chi connectivity index (χ1v) is 5.64. The van der Waals surface area contributed by atoms with Gasteiger partial charge in [-0.2, -0.15) is 0 Å². The lowest BCUT2D eigenvalue weighted by atomic mass is 9.63. The summed E-state index contributed by atoms with van der Waals surface area (Å²) in [6.07, 6.45) is 1.02. The summed E-state index contributed by atoms with van der Waals surface area (Å²) in [4.78, 5) is 0. The van der Waals surface area contributed by atoms with E-state index in [1.54, 1.807) is 11.3 Å². The smallest absolute Gasteiger partial charge is 0.205 e. The predicted octanol–water partition coefficient (Wildman–Crippen LogP) is 1.38. The largest absolute Gasteiger partial charge is 0.357 e. The third kappa shape index (κ3) is 1.50. The lowest BCUT2D eigenvalue weighted by molar-refractivity contribution is 0.117. The number of rotatable bonds is 2. The highest BCUT2D eigenvalue weighted by atomic mass is 32.1. The van der Waals surface area contributed by atoms with Crippen LogP contribution in [0.1, 0.15) is 25.3 Å². The molecule has 78 valence electrons. The molecule has 14 heavy (non-hydrogen) atoms. The second kappa shape index (κ2) is 3.17. The molecule has 0 radical (unpaired) electrons. The van der Waals surface area contributed by atoms with Crippen LogP contribution in [-0.2, 0) is 0 Å². The van der Waals surface area contributed by atoms with E-state index in [2.05, 4.69) is 29.4 Å². The van der Waals surface area contributed by atoms with Crippen LogP contribution in [-0.4, -0.2) is 22.3 Å². The molecular formula is C9H16N4S. The fraction of sp³-hybridized carbons (Fsp3) is 0.778. The molecule has 1 fully saturated rings. The first-order chi connectivity index (χ1) is 6.50. The minimum absolute atomic E-state index is 0.166. The van der Waals surface area contributed by atoms with Gasteiger partial charge in [-0.15, -0.1) is 10.2 Å². The average Bonchev–Trinajstić information content (AvgIpc) is 2.51. The third-order valence-corrected chi connectivity index (χ3v) is 3.94. The van der Waals surface area contributed by atoms with Crippen LogP contribution in [0.15, 0.2) is 0 Å². The molecular weight excluding hydrogens is 196 g/mol. The lowest BCUT2D eigenvalue weighted by Gasteiger charge is -2.50. The number of aryl methyl sites for hydroxylation is 1. The monoisotopic (exact) mass is 212 g/mol. The fourth-order valence-corrected chi connectivity index (χ4v) is 2.35. The molecule has 2 unspecified atom stereocenters. The van der Waals surface area contributed by atoms with Gasteiger partial charge in [-0.05, 0) is 13.3 Å². The lowest BCUT2D eigenvalue weighted by Crippen LogP contribution is -2.61. The normalized spacial score (nSPS) is 29.7. The number of nitrogens with two attached hydrogens (primary N) is 1. The Morgan fingerprint density at radius 1 is 1.50 bits per heavy atom. The van der Waals surface area contributed by atoms with Gasteiger partial charge in [0.25, 0.3) is 0 Å². The van der Waals surface area contributed by atoms with Gasteiger partial charge in [-0.25, -0.2) is 0 Å². The van der Waals surface area contributed by atoms with Crippen molar-refractivity contribution in [3.05, 3.63) is 5.01 Å². The van der Waals surface area contributed by atoms with Crippen LogP contribution >= 0.6 is 11.3 Å². The molecule has 5 heteroatoms. The average molecular weight is 212 g/mol. The summed E-state index contributed by atoms with van der Waals surface area (Å²) >= 11 is 1.59. The maximum absolute atomic E-state index is 5.93. The Hall–Kier alpha value is -0.680. The molecule has 1 aromatic rings. The van der Waals surface area contributed by atoms with Gasteiger partial charge < -0.3 is 11.1 Å². The molecule has 2 rings (SSSR count). The van der Waals surface area contributed by atoms with E-state index in [0.29, 0.717) is 12.1 Å². The summed E-state index contributed by atoms with van der Waals surface area (Å²) in [6.45, 7) is 6.33. The fourth-order valence-electron chi connectivity index (χ4n) is 1.71. The predicted molar refractivity (Wildman–Crippen MR) is 58.4 cm³/mol. The van der Waals surface area contributed by atoms with Crippen LogP contribution in [0.5, 0.6) is 0 Å². The maximum atomic E-state index is 5.93. The number of nitrogens with one attached hydrogen (secondary N) is 1. The topological polar surface area (TPSA) is 63.8 Å². The second-order valence-corrected chi connectivity index (χ2v) is 5.67. The van der Waals surface area contributed by atoms with Gasteiger partial charge in [0.2, 0.25) is 5.13 Å². The summed E-state index contributed by atoms with van der Waals surface area (Å²) in [5, 5.41) is 13.3. The molecule has 1 aliphatic carbocycles. The zero-order valence-corrected chi connectivity index (χ0v) is 9.56. The van der Waals surface area contributed by atoms with Gasteiger partial charge in [-0.3, -0.25) is 0 Å². The van der Waals surface area contributed by atoms with Crippen molar-refractivity contribution in [3.8, 4) is 0 Å². The van der Waals surface area contributed by atoms with Gasteiger partial charge in [0.15, 0.2) is 0 Å². The zero-order valence-electron chi connectivity index (χ0n) is 8.74. The number of hydrogen-bond donors (Lipinski definition) is 2. The van der Waals surface area contributed by atoms with Gasteiger partial charge in [0.05, 0.1) is 0 Å². The Balaban J connectivity index is 2.00. The van der Waals surface area contributed by atoms with Crippen molar-refractivity contribution in [1.29, 1.82) is 0 Å². The van der Waals surface area contributed by atoms with Crippen LogP contribution in [0.25, 0.3) is 0 Å². The quantitative estimate of drug-likeness (QED) is 0.777. The number of nitrogens with zero attached hydrogens (tertiary/aromatic N) is 2. The molecule has 0 bridgehead atoms. The SMILES string of the molecule is Cc1nnc(NC2CC(N)C2(C)C)s1. The van der Waals surface area contributed by atoms with Crippen LogP contribution in [0.3, 0.4) is 0 Å². The molecule has 1 aromatic heterocycles. The van der Waals surface area contributed by atoms with Crippen LogP contribution in [0, 0.1) is 12.3 Å². The van der Waals surface area contributed by atoms with Crippen LogP contribution in [0.2, 0.25) is 0 Å². The van der Waals surface area contributed by atoms with E-state index in [0.717, 1.165) is 16.6 Å². The van der Waals surface area contributed by atoms with E-state index in [9.17, 15) is 0 Å². The Labute approximate surface area is 87.9 Å². The molecule has 0 spiro atoms. The van der Waals surface area contributed by atoms with Gasteiger partial charge in [0.1, 0.15) is 5.01 Å². The van der Waals surface area contributed by atoms with E-state index >= 15 is 0 Å². The minimum Gasteiger partial charge on any atom is -0.357 e. The molecule has 0 aromatic carbocycles. The van der Waals surface area contributed by atoms with Crippen molar-refractivity contribution >= 4 is 16.5 Å². The third-order valence-electron chi connectivity index (χ3n) is 3.17. The Morgan fingerprint density at radius 3 is 2.64 bits per heavy atom. The summed E-state index contributed by atoms with van der Waals surface area (Å²) in [6, 6.07) is 0.735. The highest BCUT2D eigenvalue weighted by molar-refractivity contribution is 7.15. The highest BCUT2D eigenvalue weighted by Crippen LogP contribution is 2.41. The van der Waals surface area contributed by atoms with Crippen molar-refractivity contribution in [2.75, 3.05) is 5.32 Å². The first-order valence-electron chi connectivity index (χ1n) is 4.82. The molecule has 0 amide bonds. The van der Waals surface area contributed by atoms with E-state index in [1.165, 1.54) is 0 Å². The molecule has 0 saturated heterocycles. The zero-order chi connectivity index (χ0) is 10.3. The van der Waals surface area contributed by atoms with Crippen molar-refractivity contribution in [2.45, 2.75) is 39.3 Å². The first kappa shape index (κ1) is 9.86.